The minimum Gasteiger partial charge on any atom is -0.351 e. The average Bonchev–Trinajstić information content (AvgIpc) is 3.35. The largest absolute Gasteiger partial charge is 0.351 e. The van der Waals surface area contributed by atoms with Gasteiger partial charge in [-0.3, -0.25) is 4.98 Å². The minimum absolute atomic E-state index is 0.0941. The van der Waals surface area contributed by atoms with E-state index >= 15 is 0 Å². The SMILES string of the molecule is Cc1cc([C@@H]2[C@H](c3ccccn3)NC(=S)N2c2ccc(C(C)C)cc2)c(C)n1-c1ccc(Cl)cc1Cl. The number of benzene rings is 2. The van der Waals surface area contributed by atoms with E-state index in [9.17, 15) is 0 Å². The number of halogens is 2. The summed E-state index contributed by atoms with van der Waals surface area (Å²) < 4.78 is 2.19. The van der Waals surface area contributed by atoms with E-state index in [1.807, 2.05) is 36.5 Å². The highest BCUT2D eigenvalue weighted by Gasteiger charge is 2.42. The van der Waals surface area contributed by atoms with E-state index in [4.69, 9.17) is 35.4 Å². The molecule has 1 aliphatic rings. The highest BCUT2D eigenvalue weighted by Crippen LogP contribution is 2.44. The highest BCUT2D eigenvalue weighted by molar-refractivity contribution is 7.80. The minimum atomic E-state index is -0.113. The van der Waals surface area contributed by atoms with Crippen LogP contribution in [-0.2, 0) is 0 Å². The van der Waals surface area contributed by atoms with Crippen LogP contribution in [0.3, 0.4) is 0 Å². The zero-order valence-electron chi connectivity index (χ0n) is 20.7. The van der Waals surface area contributed by atoms with Crippen LogP contribution >= 0.6 is 35.4 Å². The van der Waals surface area contributed by atoms with Crippen LogP contribution in [0.4, 0.5) is 5.69 Å². The van der Waals surface area contributed by atoms with Gasteiger partial charge in [-0.15, -0.1) is 0 Å². The maximum atomic E-state index is 6.63. The van der Waals surface area contributed by atoms with Crippen molar-refractivity contribution in [3.8, 4) is 5.69 Å². The number of thiocarbonyl (C=S) groups is 1. The van der Waals surface area contributed by atoms with Crippen LogP contribution in [0.25, 0.3) is 5.69 Å². The number of nitrogens with zero attached hydrogens (tertiary/aromatic N) is 3. The van der Waals surface area contributed by atoms with E-state index in [-0.39, 0.29) is 12.1 Å². The van der Waals surface area contributed by atoms with Crippen LogP contribution in [0.15, 0.2) is 72.9 Å². The third-order valence-corrected chi connectivity index (χ3v) is 7.73. The van der Waals surface area contributed by atoms with Crippen LogP contribution in [0.1, 0.15) is 60.1 Å². The molecule has 7 heteroatoms. The lowest BCUT2D eigenvalue weighted by Gasteiger charge is -2.28. The fourth-order valence-corrected chi connectivity index (χ4v) is 5.93. The van der Waals surface area contributed by atoms with E-state index in [1.165, 1.54) is 5.56 Å². The lowest BCUT2D eigenvalue weighted by atomic mass is 9.96. The third kappa shape index (κ3) is 4.40. The molecule has 0 saturated carbocycles. The highest BCUT2D eigenvalue weighted by atomic mass is 35.5. The molecule has 0 radical (unpaired) electrons. The molecule has 184 valence electrons. The Bertz CT molecular complexity index is 1410. The molecule has 0 spiro atoms. The van der Waals surface area contributed by atoms with E-state index in [2.05, 4.69) is 77.8 Å². The van der Waals surface area contributed by atoms with Crippen LogP contribution in [0.5, 0.6) is 0 Å². The molecule has 1 N–H and O–H groups in total. The van der Waals surface area contributed by atoms with Gasteiger partial charge in [0.15, 0.2) is 5.11 Å². The molecule has 0 amide bonds. The second-order valence-corrected chi connectivity index (χ2v) is 10.7. The van der Waals surface area contributed by atoms with Crippen molar-refractivity contribution in [1.82, 2.24) is 14.9 Å². The summed E-state index contributed by atoms with van der Waals surface area (Å²) in [6.45, 7) is 8.63. The summed E-state index contributed by atoms with van der Waals surface area (Å²) in [5, 5.41) is 5.47. The van der Waals surface area contributed by atoms with Gasteiger partial charge in [0.2, 0.25) is 0 Å². The number of anilines is 1. The maximum Gasteiger partial charge on any atom is 0.174 e. The van der Waals surface area contributed by atoms with Crippen molar-refractivity contribution >= 4 is 46.2 Å². The number of pyridine rings is 1. The summed E-state index contributed by atoms with van der Waals surface area (Å²) in [5.74, 6) is 0.461. The number of hydrogen-bond donors (Lipinski definition) is 1. The molecule has 36 heavy (non-hydrogen) atoms. The topological polar surface area (TPSA) is 33.1 Å². The summed E-state index contributed by atoms with van der Waals surface area (Å²) in [6, 6.07) is 22.3. The van der Waals surface area contributed by atoms with Crippen molar-refractivity contribution in [1.29, 1.82) is 0 Å². The zero-order chi connectivity index (χ0) is 25.6. The monoisotopic (exact) mass is 534 g/mol. The molecule has 5 rings (SSSR count). The van der Waals surface area contributed by atoms with Crippen molar-refractivity contribution in [3.63, 3.8) is 0 Å². The van der Waals surface area contributed by atoms with Gasteiger partial charge in [0.25, 0.3) is 0 Å². The van der Waals surface area contributed by atoms with Gasteiger partial charge in [0, 0.05) is 28.3 Å². The molecule has 4 nitrogen and oxygen atoms in total. The third-order valence-electron chi connectivity index (χ3n) is 6.88. The number of hydrogen-bond acceptors (Lipinski definition) is 2. The smallest absolute Gasteiger partial charge is 0.174 e. The maximum absolute atomic E-state index is 6.63. The molecule has 2 atom stereocenters. The van der Waals surface area contributed by atoms with Crippen molar-refractivity contribution < 1.29 is 0 Å². The second-order valence-electron chi connectivity index (χ2n) is 9.50. The Hall–Kier alpha value is -2.86. The van der Waals surface area contributed by atoms with Gasteiger partial charge in [-0.2, -0.15) is 0 Å². The fourth-order valence-electron chi connectivity index (χ4n) is 5.09. The molecule has 0 unspecified atom stereocenters. The first kappa shape index (κ1) is 24.8. The van der Waals surface area contributed by atoms with Gasteiger partial charge in [0.1, 0.15) is 0 Å². The Morgan fingerprint density at radius 3 is 2.36 bits per heavy atom. The van der Waals surface area contributed by atoms with Gasteiger partial charge >= 0.3 is 0 Å². The molecule has 3 heterocycles. The van der Waals surface area contributed by atoms with Gasteiger partial charge in [-0.05, 0) is 91.6 Å². The summed E-state index contributed by atoms with van der Waals surface area (Å²) in [7, 11) is 0. The molecule has 0 aliphatic carbocycles. The number of nitrogens with one attached hydrogen (secondary N) is 1. The standard InChI is InChI=1S/C29H28Cl2N4S/c1-17(2)20-8-11-22(12-9-20)35-28(27(33-29(35)36)25-7-5-6-14-32-25)23-15-18(3)34(19(23)4)26-13-10-21(30)16-24(26)31/h5-17,27-28H,1-4H3,(H,33,36)/t27-,28+/m0/s1. The lowest BCUT2D eigenvalue weighted by Crippen LogP contribution is -2.29. The molecule has 4 aromatic rings. The van der Waals surface area contributed by atoms with Crippen LogP contribution < -0.4 is 10.2 Å². The van der Waals surface area contributed by atoms with Gasteiger partial charge < -0.3 is 14.8 Å². The summed E-state index contributed by atoms with van der Waals surface area (Å²) in [6.07, 6.45) is 1.83. The molecule has 2 aromatic carbocycles. The van der Waals surface area contributed by atoms with Crippen LogP contribution in [-0.4, -0.2) is 14.7 Å². The van der Waals surface area contributed by atoms with Gasteiger partial charge in [-0.1, -0.05) is 55.2 Å². The normalized spacial score (nSPS) is 17.6. The average molecular weight is 536 g/mol. The Morgan fingerprint density at radius 2 is 1.72 bits per heavy atom. The molecule has 1 aliphatic heterocycles. The molecule has 2 aromatic heterocycles. The Morgan fingerprint density at radius 1 is 0.972 bits per heavy atom. The number of aryl methyl sites for hydroxylation is 1. The van der Waals surface area contributed by atoms with Crippen molar-refractivity contribution in [3.05, 3.63) is 111 Å². The van der Waals surface area contributed by atoms with Gasteiger partial charge in [0.05, 0.1) is 28.5 Å². The Kier molecular flexibility index (Phi) is 6.82. The first-order chi connectivity index (χ1) is 17.3. The van der Waals surface area contributed by atoms with Crippen molar-refractivity contribution in [2.75, 3.05) is 4.90 Å². The van der Waals surface area contributed by atoms with E-state index in [0.29, 0.717) is 21.1 Å². The molecule has 1 fully saturated rings. The summed E-state index contributed by atoms with van der Waals surface area (Å²) in [4.78, 5) is 6.90. The fraction of sp³-hybridized carbons (Fsp3) is 0.241. The van der Waals surface area contributed by atoms with Gasteiger partial charge in [-0.25, -0.2) is 0 Å². The second kappa shape index (κ2) is 9.89. The zero-order valence-corrected chi connectivity index (χ0v) is 23.0. The first-order valence-electron chi connectivity index (χ1n) is 12.0. The Labute approximate surface area is 227 Å². The first-order valence-corrected chi connectivity index (χ1v) is 13.2. The summed E-state index contributed by atoms with van der Waals surface area (Å²) in [5.41, 5.74) is 7.53. The van der Waals surface area contributed by atoms with Crippen molar-refractivity contribution in [2.24, 2.45) is 0 Å². The quantitative estimate of drug-likeness (QED) is 0.262. The number of aromatic nitrogens is 2. The molecular weight excluding hydrogens is 507 g/mol. The van der Waals surface area contributed by atoms with Crippen LogP contribution in [0, 0.1) is 13.8 Å². The molecule has 1 saturated heterocycles. The predicted molar refractivity (Wildman–Crippen MR) is 154 cm³/mol. The molecule has 0 bridgehead atoms. The molecular formula is C29H28Cl2N4S. The van der Waals surface area contributed by atoms with E-state index < -0.39 is 0 Å². The van der Waals surface area contributed by atoms with E-state index in [0.717, 1.165) is 34.0 Å². The predicted octanol–water partition coefficient (Wildman–Crippen LogP) is 8.10. The van der Waals surface area contributed by atoms with Crippen LogP contribution in [0.2, 0.25) is 10.0 Å². The number of rotatable bonds is 5. The van der Waals surface area contributed by atoms with Crippen molar-refractivity contribution in [2.45, 2.75) is 45.7 Å². The summed E-state index contributed by atoms with van der Waals surface area (Å²) >= 11 is 18.7. The van der Waals surface area contributed by atoms with E-state index in [1.54, 1.807) is 6.07 Å². The lowest BCUT2D eigenvalue weighted by molar-refractivity contribution is 0.565. The Balaban J connectivity index is 1.67.